The van der Waals surface area contributed by atoms with Gasteiger partial charge in [0.25, 0.3) is 18.3 Å². The number of carbonyl (C=O) groups excluding carboxylic acids is 2. The van der Waals surface area contributed by atoms with Crippen LogP contribution in [0.4, 0.5) is 5.13 Å². The van der Waals surface area contributed by atoms with E-state index in [1.54, 1.807) is 0 Å². The number of hydrogen-bond acceptors (Lipinski definition) is 16. The van der Waals surface area contributed by atoms with E-state index in [0.29, 0.717) is 36.4 Å². The predicted molar refractivity (Wildman–Crippen MR) is 160 cm³/mol. The number of rotatable bonds is 13. The number of nitrogens with zero attached hydrogens (tertiary/aromatic N) is 4. The Bertz CT molecular complexity index is 1510. The van der Waals surface area contributed by atoms with E-state index < -0.39 is 33.8 Å². The zero-order chi connectivity index (χ0) is 33.2. The molecule has 45 heavy (non-hydrogen) atoms. The first kappa shape index (κ1) is 34.9. The van der Waals surface area contributed by atoms with Crippen molar-refractivity contribution in [2.75, 3.05) is 38.6 Å². The molecule has 2 amide bonds. The number of anilines is 1. The lowest BCUT2D eigenvalue weighted by atomic mass is 9.84. The number of guanidine groups is 1. The second-order valence-corrected chi connectivity index (χ2v) is 11.6. The monoisotopic (exact) mass is 671 g/mol. The molecule has 3 heterocycles. The molecule has 4 rings (SSSR count). The summed E-state index contributed by atoms with van der Waals surface area (Å²) >= 11 is 1.07. The summed E-state index contributed by atoms with van der Waals surface area (Å²) in [6.45, 7) is 4.42. The van der Waals surface area contributed by atoms with Gasteiger partial charge in [-0.25, -0.2) is 4.98 Å². The van der Waals surface area contributed by atoms with E-state index in [0.717, 1.165) is 16.9 Å². The Kier molecular flexibility index (Phi) is 12.0. The van der Waals surface area contributed by atoms with Crippen LogP contribution in [-0.2, 0) is 33.9 Å². The molecule has 2 unspecified atom stereocenters. The number of β-lactam (4-membered cyclic amide) rings is 1. The number of carboxylic acid groups (broad SMARTS) is 1. The van der Waals surface area contributed by atoms with Crippen LogP contribution in [0.2, 0.25) is 0 Å². The number of ether oxygens (including phenoxy) is 1. The van der Waals surface area contributed by atoms with E-state index in [9.17, 15) is 18.0 Å². The van der Waals surface area contributed by atoms with Gasteiger partial charge < -0.3 is 42.1 Å². The highest BCUT2D eigenvalue weighted by atomic mass is 32.3. The Morgan fingerprint density at radius 2 is 2.00 bits per heavy atom. The van der Waals surface area contributed by atoms with Gasteiger partial charge in [-0.2, -0.15) is 13.5 Å². The number of hydroxylamine groups is 2. The highest BCUT2D eigenvalue weighted by molar-refractivity contribution is 7.80. The molecule has 0 radical (unpaired) electrons. The number of nitrogens with one attached hydrogen (secondary N) is 3. The lowest BCUT2D eigenvalue weighted by molar-refractivity contribution is -0.218. The van der Waals surface area contributed by atoms with Crippen LogP contribution in [0.3, 0.4) is 0 Å². The van der Waals surface area contributed by atoms with Crippen molar-refractivity contribution in [1.29, 1.82) is 0 Å². The average Bonchev–Trinajstić information content (AvgIpc) is 3.64. The number of benzene rings is 1. The molecule has 1 aromatic carbocycles. The summed E-state index contributed by atoms with van der Waals surface area (Å²) in [6.07, 6.45) is 0. The molecule has 0 aliphatic carbocycles. The van der Waals surface area contributed by atoms with E-state index in [1.807, 2.05) is 24.3 Å². The van der Waals surface area contributed by atoms with Crippen LogP contribution in [0.25, 0.3) is 0 Å². The van der Waals surface area contributed by atoms with Gasteiger partial charge in [-0.1, -0.05) is 17.3 Å². The van der Waals surface area contributed by atoms with Crippen molar-refractivity contribution in [1.82, 2.24) is 26.0 Å². The predicted octanol–water partition coefficient (Wildman–Crippen LogP) is -1.39. The second kappa shape index (κ2) is 15.4. The van der Waals surface area contributed by atoms with Crippen molar-refractivity contribution in [2.24, 2.45) is 15.9 Å². The van der Waals surface area contributed by atoms with Gasteiger partial charge in [0.1, 0.15) is 24.1 Å². The number of hydrogen-bond donors (Lipinski definition) is 7. The topological polar surface area (TPSA) is 282 Å². The molecule has 0 bridgehead atoms. The first-order valence-corrected chi connectivity index (χ1v) is 15.3. The summed E-state index contributed by atoms with van der Waals surface area (Å²) < 4.78 is 41.0. The van der Waals surface area contributed by atoms with Crippen molar-refractivity contribution in [2.45, 2.75) is 31.5 Å². The van der Waals surface area contributed by atoms with E-state index in [-0.39, 0.29) is 42.3 Å². The van der Waals surface area contributed by atoms with Crippen molar-refractivity contribution in [3.8, 4) is 5.75 Å². The Balaban J connectivity index is 0.00000177. The maximum Gasteiger partial charge on any atom is 0.418 e. The summed E-state index contributed by atoms with van der Waals surface area (Å²) in [6, 6.07) is 6.32. The average molecular weight is 672 g/mol. The fourth-order valence-electron chi connectivity index (χ4n) is 4.05. The molecule has 2 aromatic rings. The number of nitrogens with two attached hydrogens (primary N) is 2. The number of thiazole rings is 1. The molecule has 0 saturated carbocycles. The molecule has 9 N–H and O–H groups in total. The van der Waals surface area contributed by atoms with Crippen LogP contribution in [0.1, 0.15) is 31.1 Å². The van der Waals surface area contributed by atoms with E-state index in [2.05, 4.69) is 35.4 Å². The summed E-state index contributed by atoms with van der Waals surface area (Å²) in [5.74, 6) is -0.420. The minimum absolute atomic E-state index is 0.0316. The molecule has 1 fully saturated rings. The van der Waals surface area contributed by atoms with Crippen LogP contribution in [0.5, 0.6) is 5.75 Å². The standard InChI is InChI=1S/C23H31N9O8S2.CH2O2/c1-23(2)18(20(34)32(23)40-42(35,36)37)30-19(33)17(16-12-41-21(25)28-16)31-39-10-9-38-14-5-3-13(4-6-14)15-11-27-22(29-15)26-8-7-24;2-1-3/h3-6,12,15,18H,7-11,24H2,1-2H3,(H2,25,28)(H,30,33)(H2,26,27,29)(H,35,36,37);1H,(H,2,3)/b31-17-;. The minimum atomic E-state index is -4.94. The largest absolute Gasteiger partial charge is 0.490 e. The number of aromatic nitrogens is 1. The van der Waals surface area contributed by atoms with Crippen LogP contribution < -0.4 is 32.2 Å². The van der Waals surface area contributed by atoms with Crippen LogP contribution in [0, 0.1) is 0 Å². The molecule has 19 nitrogen and oxygen atoms in total. The van der Waals surface area contributed by atoms with Gasteiger partial charge in [-0.15, -0.1) is 15.6 Å². The van der Waals surface area contributed by atoms with Crippen LogP contribution >= 0.6 is 11.3 Å². The Hall–Kier alpha value is -4.57. The fraction of sp³-hybridized carbons (Fsp3) is 0.417. The zero-order valence-corrected chi connectivity index (χ0v) is 25.7. The number of carbonyl (C=O) groups is 3. The zero-order valence-electron chi connectivity index (χ0n) is 24.1. The van der Waals surface area contributed by atoms with Crippen LogP contribution in [-0.4, -0.2) is 103 Å². The van der Waals surface area contributed by atoms with E-state index in [1.165, 1.54) is 19.2 Å². The fourth-order valence-corrected chi connectivity index (χ4v) is 5.05. The van der Waals surface area contributed by atoms with Gasteiger partial charge in [-0.3, -0.25) is 23.9 Å². The summed E-state index contributed by atoms with van der Waals surface area (Å²) in [5, 5.41) is 21.7. The number of aliphatic imine (C=N–C) groups is 1. The number of nitrogen functional groups attached to an aromatic ring is 1. The number of amides is 2. The lowest BCUT2D eigenvalue weighted by Gasteiger charge is -2.50. The van der Waals surface area contributed by atoms with E-state index >= 15 is 0 Å². The first-order chi connectivity index (χ1) is 21.3. The van der Waals surface area contributed by atoms with Gasteiger partial charge in [0, 0.05) is 18.5 Å². The smallest absolute Gasteiger partial charge is 0.418 e. The molecular formula is C24H33N9O10S2. The maximum atomic E-state index is 13.0. The first-order valence-electron chi connectivity index (χ1n) is 13.1. The van der Waals surface area contributed by atoms with Crippen molar-refractivity contribution in [3.05, 3.63) is 40.9 Å². The third-order valence-electron chi connectivity index (χ3n) is 6.16. The summed E-state index contributed by atoms with van der Waals surface area (Å²) in [7, 11) is -4.94. The Labute approximate surface area is 261 Å². The van der Waals surface area contributed by atoms with Crippen molar-refractivity contribution < 1.29 is 46.3 Å². The highest BCUT2D eigenvalue weighted by Crippen LogP contribution is 2.33. The summed E-state index contributed by atoms with van der Waals surface area (Å²) in [4.78, 5) is 47.6. The van der Waals surface area contributed by atoms with Gasteiger partial charge in [0.2, 0.25) is 0 Å². The normalized spacial score (nSPS) is 18.8. The van der Waals surface area contributed by atoms with Gasteiger partial charge in [0.05, 0.1) is 18.1 Å². The molecule has 2 aliphatic rings. The number of oxime groups is 1. The van der Waals surface area contributed by atoms with E-state index in [4.69, 9.17) is 35.5 Å². The quantitative estimate of drug-likeness (QED) is 0.0322. The molecule has 0 spiro atoms. The third kappa shape index (κ3) is 9.46. The van der Waals surface area contributed by atoms with Gasteiger partial charge in [-0.05, 0) is 31.5 Å². The van der Waals surface area contributed by atoms with Crippen molar-refractivity contribution in [3.63, 3.8) is 0 Å². The highest BCUT2D eigenvalue weighted by Gasteiger charge is 2.58. The van der Waals surface area contributed by atoms with Crippen molar-refractivity contribution >= 4 is 56.8 Å². The molecule has 246 valence electrons. The summed E-state index contributed by atoms with van der Waals surface area (Å²) in [5.41, 5.74) is 10.8. The Morgan fingerprint density at radius 1 is 1.31 bits per heavy atom. The maximum absolute atomic E-state index is 13.0. The third-order valence-corrected chi connectivity index (χ3v) is 7.17. The van der Waals surface area contributed by atoms with Crippen LogP contribution in [0.15, 0.2) is 39.8 Å². The Morgan fingerprint density at radius 3 is 2.58 bits per heavy atom. The molecular weight excluding hydrogens is 638 g/mol. The molecule has 1 aromatic heterocycles. The van der Waals surface area contributed by atoms with Gasteiger partial charge >= 0.3 is 10.4 Å². The molecule has 2 aliphatic heterocycles. The molecule has 1 saturated heterocycles. The SMILES string of the molecule is CC1(C)C(NC(=O)/C(=N\OCCOc2ccc(C3CN=C(NCCN)N3)cc2)c2csc(N)n2)C(=O)N1OS(=O)(=O)O.O=CO. The minimum Gasteiger partial charge on any atom is -0.490 e. The second-order valence-electron chi connectivity index (χ2n) is 9.66. The molecule has 21 heteroatoms. The van der Waals surface area contributed by atoms with Gasteiger partial charge in [0.15, 0.2) is 23.4 Å². The lowest BCUT2D eigenvalue weighted by Crippen LogP contribution is -2.76. The molecule has 2 atom stereocenters.